The molecule has 0 atom stereocenters. The third-order valence-electron chi connectivity index (χ3n) is 3.47. The van der Waals surface area contributed by atoms with Crippen molar-refractivity contribution >= 4 is 74.9 Å². The molecule has 0 spiro atoms. The van der Waals surface area contributed by atoms with Crippen LogP contribution in [0.15, 0.2) is 47.2 Å². The predicted molar refractivity (Wildman–Crippen MR) is 95.9 cm³/mol. The summed E-state index contributed by atoms with van der Waals surface area (Å²) in [5.74, 6) is 0. The summed E-state index contributed by atoms with van der Waals surface area (Å²) < 4.78 is 5.59. The van der Waals surface area contributed by atoms with Gasteiger partial charge in [-0.25, -0.2) is 0 Å². The molecule has 0 aliphatic rings. The normalized spacial score (nSPS) is 12.0. The molecule has 0 saturated heterocycles. The van der Waals surface area contributed by atoms with Crippen LogP contribution in [-0.4, -0.2) is 0 Å². The van der Waals surface area contributed by atoms with Crippen molar-refractivity contribution in [3.05, 3.63) is 47.2 Å². The van der Waals surface area contributed by atoms with Crippen LogP contribution in [0, 0.1) is 0 Å². The fraction of sp³-hybridized carbons (Fsp3) is 0. The quantitative estimate of drug-likeness (QED) is 0.309. The second-order valence-electron chi connectivity index (χ2n) is 4.72. The Morgan fingerprint density at radius 2 is 1.30 bits per heavy atom. The molecule has 0 bridgehead atoms. The van der Waals surface area contributed by atoms with E-state index in [0.717, 1.165) is 0 Å². The first-order valence-electron chi connectivity index (χ1n) is 6.25. The second kappa shape index (κ2) is 4.15. The van der Waals surface area contributed by atoms with Crippen molar-refractivity contribution in [2.45, 2.75) is 0 Å². The van der Waals surface area contributed by atoms with Gasteiger partial charge in [-0.2, -0.15) is 0 Å². The van der Waals surface area contributed by atoms with E-state index >= 15 is 0 Å². The lowest BCUT2D eigenvalue weighted by Crippen LogP contribution is -1.62. The summed E-state index contributed by atoms with van der Waals surface area (Å²) in [7, 11) is 0. The van der Waals surface area contributed by atoms with E-state index in [9.17, 15) is 0 Å². The highest BCUT2D eigenvalue weighted by atomic mass is 32.1. The highest BCUT2D eigenvalue weighted by Crippen LogP contribution is 2.42. The summed E-state index contributed by atoms with van der Waals surface area (Å²) in [6.07, 6.45) is 0. The maximum Gasteiger partial charge on any atom is 0.0463 e. The molecule has 1 aromatic carbocycles. The first-order valence-corrected chi connectivity index (χ1v) is 9.64. The zero-order valence-electron chi connectivity index (χ0n) is 10.3. The maximum absolute atomic E-state index is 2.34. The molecule has 4 aromatic heterocycles. The molecule has 0 radical (unpaired) electrons. The molecule has 0 saturated carbocycles. The van der Waals surface area contributed by atoms with E-state index in [4.69, 9.17) is 0 Å². The lowest BCUT2D eigenvalue weighted by atomic mass is 10.2. The molecule has 5 aromatic rings. The largest absolute Gasteiger partial charge is 0.144 e. The molecular formula is C16H8S4. The summed E-state index contributed by atoms with van der Waals surface area (Å²) >= 11 is 7.46. The van der Waals surface area contributed by atoms with Gasteiger partial charge in [-0.1, -0.05) is 0 Å². The van der Waals surface area contributed by atoms with Crippen molar-refractivity contribution in [3.8, 4) is 9.75 Å². The van der Waals surface area contributed by atoms with Gasteiger partial charge in [-0.3, -0.25) is 0 Å². The predicted octanol–water partition coefficient (Wildman–Crippen LogP) is 7.06. The van der Waals surface area contributed by atoms with Gasteiger partial charge in [0.15, 0.2) is 0 Å². The Morgan fingerprint density at radius 3 is 2.25 bits per heavy atom. The fourth-order valence-corrected chi connectivity index (χ4v) is 6.60. The molecule has 0 unspecified atom stereocenters. The molecule has 0 fully saturated rings. The highest BCUT2D eigenvalue weighted by molar-refractivity contribution is 7.31. The topological polar surface area (TPSA) is 0 Å². The summed E-state index contributed by atoms with van der Waals surface area (Å²) in [6, 6.07) is 13.8. The van der Waals surface area contributed by atoms with Crippen LogP contribution >= 0.6 is 45.3 Å². The van der Waals surface area contributed by atoms with Crippen LogP contribution in [-0.2, 0) is 0 Å². The minimum Gasteiger partial charge on any atom is -0.144 e. The van der Waals surface area contributed by atoms with Gasteiger partial charge in [-0.05, 0) is 57.9 Å². The van der Waals surface area contributed by atoms with Gasteiger partial charge in [-0.15, -0.1) is 45.3 Å². The summed E-state index contributed by atoms with van der Waals surface area (Å²) in [5, 5.41) is 7.08. The number of hydrogen-bond donors (Lipinski definition) is 0. The van der Waals surface area contributed by atoms with Crippen LogP contribution in [0.2, 0.25) is 0 Å². The average molecular weight is 329 g/mol. The maximum atomic E-state index is 2.34. The molecule has 0 aliphatic heterocycles. The minimum absolute atomic E-state index is 1.36. The molecule has 4 heteroatoms. The Labute approximate surface area is 131 Å². The average Bonchev–Trinajstić information content (AvgIpc) is 3.16. The zero-order chi connectivity index (χ0) is 13.1. The van der Waals surface area contributed by atoms with Gasteiger partial charge >= 0.3 is 0 Å². The van der Waals surface area contributed by atoms with Crippen molar-refractivity contribution < 1.29 is 0 Å². The Hall–Kier alpha value is -1.20. The molecule has 0 N–H and O–H groups in total. The summed E-state index contributed by atoms with van der Waals surface area (Å²) in [5.41, 5.74) is 0. The van der Waals surface area contributed by atoms with E-state index in [-0.39, 0.29) is 0 Å². The van der Waals surface area contributed by atoms with Crippen LogP contribution in [0.5, 0.6) is 0 Å². The van der Waals surface area contributed by atoms with Crippen molar-refractivity contribution in [3.63, 3.8) is 0 Å². The van der Waals surface area contributed by atoms with E-state index in [1.165, 1.54) is 39.3 Å². The third-order valence-corrected chi connectivity index (χ3v) is 7.74. The molecule has 20 heavy (non-hydrogen) atoms. The molecule has 0 aliphatic carbocycles. The molecule has 0 amide bonds. The van der Waals surface area contributed by atoms with Gasteiger partial charge in [0, 0.05) is 28.6 Å². The molecule has 96 valence electrons. The Bertz CT molecular complexity index is 978. The van der Waals surface area contributed by atoms with Gasteiger partial charge in [0.2, 0.25) is 0 Å². The van der Waals surface area contributed by atoms with Crippen LogP contribution in [0.4, 0.5) is 0 Å². The van der Waals surface area contributed by atoms with Crippen molar-refractivity contribution in [1.82, 2.24) is 0 Å². The Balaban J connectivity index is 1.76. The number of benzene rings is 1. The van der Waals surface area contributed by atoms with Crippen molar-refractivity contribution in [1.29, 1.82) is 0 Å². The lowest BCUT2D eigenvalue weighted by molar-refractivity contribution is 2.01. The van der Waals surface area contributed by atoms with Gasteiger partial charge in [0.05, 0.1) is 0 Å². The minimum atomic E-state index is 1.36. The van der Waals surface area contributed by atoms with E-state index in [2.05, 4.69) is 47.2 Å². The van der Waals surface area contributed by atoms with Crippen LogP contribution < -0.4 is 0 Å². The third kappa shape index (κ3) is 1.63. The van der Waals surface area contributed by atoms with E-state index < -0.39 is 0 Å². The standard InChI is InChI=1S/C16H8S4/c1-3-17-12-6-10-7-15(20-13(10)5-9(1)12)16-8-14-11(19-16)2-4-18-14/h1-8H. The van der Waals surface area contributed by atoms with Gasteiger partial charge in [0.1, 0.15) is 0 Å². The fourth-order valence-electron chi connectivity index (χ4n) is 2.50. The van der Waals surface area contributed by atoms with Crippen LogP contribution in [0.3, 0.4) is 0 Å². The van der Waals surface area contributed by atoms with Gasteiger partial charge < -0.3 is 0 Å². The van der Waals surface area contributed by atoms with Crippen molar-refractivity contribution in [2.24, 2.45) is 0 Å². The van der Waals surface area contributed by atoms with Crippen LogP contribution in [0.25, 0.3) is 39.3 Å². The smallest absolute Gasteiger partial charge is 0.0463 e. The summed E-state index contributed by atoms with van der Waals surface area (Å²) in [4.78, 5) is 2.79. The van der Waals surface area contributed by atoms with Gasteiger partial charge in [0.25, 0.3) is 0 Å². The Kier molecular flexibility index (Phi) is 2.38. The zero-order valence-corrected chi connectivity index (χ0v) is 13.5. The van der Waals surface area contributed by atoms with E-state index in [0.29, 0.717) is 0 Å². The van der Waals surface area contributed by atoms with Crippen LogP contribution in [0.1, 0.15) is 0 Å². The SMILES string of the molecule is c1cc2cc3sc(-c4cc5sccc5s4)cc3cc2s1. The Morgan fingerprint density at radius 1 is 0.550 bits per heavy atom. The van der Waals surface area contributed by atoms with E-state index in [1.54, 1.807) is 0 Å². The highest BCUT2D eigenvalue weighted by Gasteiger charge is 2.10. The van der Waals surface area contributed by atoms with E-state index in [1.807, 2.05) is 45.3 Å². The molecular weight excluding hydrogens is 320 g/mol. The summed E-state index contributed by atoms with van der Waals surface area (Å²) in [6.45, 7) is 0. The number of thiophene rings is 4. The number of fused-ring (bicyclic) bond motifs is 3. The van der Waals surface area contributed by atoms with Crippen molar-refractivity contribution in [2.75, 3.05) is 0 Å². The first kappa shape index (κ1) is 11.5. The lowest BCUT2D eigenvalue weighted by Gasteiger charge is -1.89. The number of hydrogen-bond acceptors (Lipinski definition) is 4. The molecule has 4 heterocycles. The second-order valence-corrected chi connectivity index (χ2v) is 8.78. The molecule has 0 nitrogen and oxygen atoms in total. The number of rotatable bonds is 1. The first-order chi connectivity index (χ1) is 9.87. The monoisotopic (exact) mass is 328 g/mol. The molecule has 5 rings (SSSR count).